The molecular formula is C14H17N5S. The van der Waals surface area contributed by atoms with Crippen LogP contribution in [0.2, 0.25) is 0 Å². The van der Waals surface area contributed by atoms with Crippen LogP contribution in [0.1, 0.15) is 29.4 Å². The van der Waals surface area contributed by atoms with E-state index in [2.05, 4.69) is 38.8 Å². The second kappa shape index (κ2) is 4.86. The monoisotopic (exact) mass is 287 g/mol. The summed E-state index contributed by atoms with van der Waals surface area (Å²) in [5.41, 5.74) is 3.96. The molecule has 6 heteroatoms. The van der Waals surface area contributed by atoms with E-state index in [9.17, 15) is 0 Å². The molecule has 0 aliphatic rings. The average Bonchev–Trinajstić information content (AvgIpc) is 2.95. The maximum Gasteiger partial charge on any atom is 0.157 e. The summed E-state index contributed by atoms with van der Waals surface area (Å²) in [6.07, 6.45) is 1.85. The molecule has 20 heavy (non-hydrogen) atoms. The smallest absolute Gasteiger partial charge is 0.157 e. The van der Waals surface area contributed by atoms with Crippen molar-refractivity contribution in [2.75, 3.05) is 5.32 Å². The third kappa shape index (κ3) is 2.27. The van der Waals surface area contributed by atoms with Gasteiger partial charge in [0.2, 0.25) is 0 Å². The quantitative estimate of drug-likeness (QED) is 0.803. The van der Waals surface area contributed by atoms with Crippen LogP contribution in [0.15, 0.2) is 17.6 Å². The molecule has 5 nitrogen and oxygen atoms in total. The second-order valence-electron chi connectivity index (χ2n) is 4.96. The van der Waals surface area contributed by atoms with E-state index in [0.29, 0.717) is 0 Å². The van der Waals surface area contributed by atoms with E-state index in [0.717, 1.165) is 33.1 Å². The van der Waals surface area contributed by atoms with Gasteiger partial charge in [0, 0.05) is 17.8 Å². The van der Waals surface area contributed by atoms with Gasteiger partial charge in [0.25, 0.3) is 0 Å². The van der Waals surface area contributed by atoms with Crippen LogP contribution in [0.25, 0.3) is 11.0 Å². The van der Waals surface area contributed by atoms with E-state index < -0.39 is 0 Å². The number of nitrogens with zero attached hydrogens (tertiary/aromatic N) is 4. The molecule has 0 saturated heterocycles. The number of aromatic nitrogens is 4. The molecule has 1 atom stereocenters. The number of hydrogen-bond donors (Lipinski definition) is 1. The van der Waals surface area contributed by atoms with E-state index in [1.807, 2.05) is 31.8 Å². The number of aryl methyl sites for hydroxylation is 3. The molecule has 3 aromatic rings. The molecular weight excluding hydrogens is 270 g/mol. The van der Waals surface area contributed by atoms with E-state index in [1.54, 1.807) is 11.3 Å². The predicted molar refractivity (Wildman–Crippen MR) is 82.1 cm³/mol. The van der Waals surface area contributed by atoms with Crippen LogP contribution in [-0.4, -0.2) is 19.7 Å². The van der Waals surface area contributed by atoms with Crippen molar-refractivity contribution in [2.24, 2.45) is 7.05 Å². The molecule has 0 aromatic carbocycles. The Kier molecular flexibility index (Phi) is 3.17. The average molecular weight is 287 g/mol. The Bertz CT molecular complexity index is 758. The molecule has 0 spiro atoms. The molecule has 1 N–H and O–H groups in total. The van der Waals surface area contributed by atoms with Gasteiger partial charge in [-0.1, -0.05) is 0 Å². The summed E-state index contributed by atoms with van der Waals surface area (Å²) in [5.74, 6) is 0. The highest BCUT2D eigenvalue weighted by Gasteiger charge is 2.11. The molecule has 0 saturated carbocycles. The van der Waals surface area contributed by atoms with E-state index in [1.165, 1.54) is 0 Å². The molecule has 0 aliphatic heterocycles. The summed E-state index contributed by atoms with van der Waals surface area (Å²) >= 11 is 1.67. The second-order valence-corrected chi connectivity index (χ2v) is 6.02. The zero-order valence-corrected chi connectivity index (χ0v) is 12.8. The van der Waals surface area contributed by atoms with Crippen molar-refractivity contribution in [3.8, 4) is 0 Å². The first-order valence-electron chi connectivity index (χ1n) is 6.52. The number of nitrogens with one attached hydrogen (secondary N) is 1. The zero-order valence-electron chi connectivity index (χ0n) is 12.0. The molecule has 0 aliphatic carbocycles. The van der Waals surface area contributed by atoms with Crippen molar-refractivity contribution >= 4 is 28.1 Å². The summed E-state index contributed by atoms with van der Waals surface area (Å²) in [7, 11) is 1.91. The van der Waals surface area contributed by atoms with Gasteiger partial charge in [0.15, 0.2) is 5.65 Å². The van der Waals surface area contributed by atoms with Crippen LogP contribution in [0.5, 0.6) is 0 Å². The molecule has 104 valence electrons. The Hall–Kier alpha value is -1.95. The Morgan fingerprint density at radius 2 is 2.15 bits per heavy atom. The molecule has 0 amide bonds. The summed E-state index contributed by atoms with van der Waals surface area (Å²) in [4.78, 5) is 8.98. The van der Waals surface area contributed by atoms with Gasteiger partial charge in [-0.25, -0.2) is 9.97 Å². The lowest BCUT2D eigenvalue weighted by Crippen LogP contribution is -2.07. The van der Waals surface area contributed by atoms with Crippen LogP contribution in [0, 0.1) is 13.8 Å². The fraction of sp³-hybridized carbons (Fsp3) is 0.357. The minimum atomic E-state index is 0.163. The van der Waals surface area contributed by atoms with Crippen molar-refractivity contribution in [1.82, 2.24) is 19.7 Å². The van der Waals surface area contributed by atoms with Crippen LogP contribution in [-0.2, 0) is 7.05 Å². The van der Waals surface area contributed by atoms with Gasteiger partial charge in [-0.05, 0) is 26.8 Å². The largest absolute Gasteiger partial charge is 0.376 e. The number of hydrogen-bond acceptors (Lipinski definition) is 5. The third-order valence-electron chi connectivity index (χ3n) is 3.33. The summed E-state index contributed by atoms with van der Waals surface area (Å²) < 4.78 is 1.81. The van der Waals surface area contributed by atoms with Crippen molar-refractivity contribution in [3.63, 3.8) is 0 Å². The first-order chi connectivity index (χ1) is 9.54. The first-order valence-corrected chi connectivity index (χ1v) is 7.40. The van der Waals surface area contributed by atoms with Crippen LogP contribution < -0.4 is 5.32 Å². The topological polar surface area (TPSA) is 55.6 Å². The summed E-state index contributed by atoms with van der Waals surface area (Å²) in [5, 5.41) is 12.1. The van der Waals surface area contributed by atoms with Gasteiger partial charge >= 0.3 is 0 Å². The highest BCUT2D eigenvalue weighted by Crippen LogP contribution is 2.24. The summed E-state index contributed by atoms with van der Waals surface area (Å²) in [6, 6.07) is 2.26. The maximum absolute atomic E-state index is 4.51. The van der Waals surface area contributed by atoms with Gasteiger partial charge in [-0.3, -0.25) is 4.68 Å². The Morgan fingerprint density at radius 3 is 2.85 bits per heavy atom. The molecule has 1 unspecified atom stereocenters. The van der Waals surface area contributed by atoms with Crippen molar-refractivity contribution in [3.05, 3.63) is 34.0 Å². The summed E-state index contributed by atoms with van der Waals surface area (Å²) in [6.45, 7) is 6.13. The first kappa shape index (κ1) is 13.1. The van der Waals surface area contributed by atoms with Crippen LogP contribution >= 0.6 is 11.3 Å². The molecule has 0 radical (unpaired) electrons. The highest BCUT2D eigenvalue weighted by atomic mass is 32.1. The lowest BCUT2D eigenvalue weighted by atomic mass is 10.2. The highest BCUT2D eigenvalue weighted by molar-refractivity contribution is 7.09. The zero-order chi connectivity index (χ0) is 14.3. The Morgan fingerprint density at radius 1 is 1.35 bits per heavy atom. The van der Waals surface area contributed by atoms with Gasteiger partial charge in [-0.15, -0.1) is 11.3 Å². The normalized spacial score (nSPS) is 12.8. The molecule has 0 bridgehead atoms. The standard InChI is InChI=1S/C14H17N5S/c1-8-12-5-11(6-15-14(12)19(4)18-8)16-9(2)13-7-20-10(3)17-13/h5-7,9,16H,1-4H3. The van der Waals surface area contributed by atoms with E-state index in [-0.39, 0.29) is 6.04 Å². The predicted octanol–water partition coefficient (Wildman–Crippen LogP) is 3.21. The Balaban J connectivity index is 1.89. The van der Waals surface area contributed by atoms with Gasteiger partial charge in [-0.2, -0.15) is 5.10 Å². The number of rotatable bonds is 3. The van der Waals surface area contributed by atoms with Crippen molar-refractivity contribution < 1.29 is 0 Å². The minimum absolute atomic E-state index is 0.163. The van der Waals surface area contributed by atoms with E-state index >= 15 is 0 Å². The van der Waals surface area contributed by atoms with Crippen LogP contribution in [0.4, 0.5) is 5.69 Å². The SMILES string of the molecule is Cc1nc(C(C)Nc2cnc3c(c2)c(C)nn3C)cs1. The number of thiazole rings is 1. The van der Waals surface area contributed by atoms with E-state index in [4.69, 9.17) is 0 Å². The van der Waals surface area contributed by atoms with Gasteiger partial charge < -0.3 is 5.32 Å². The Labute approximate surface area is 121 Å². The number of pyridine rings is 1. The van der Waals surface area contributed by atoms with Gasteiger partial charge in [0.05, 0.1) is 34.3 Å². The maximum atomic E-state index is 4.51. The fourth-order valence-corrected chi connectivity index (χ4v) is 3.00. The molecule has 0 fully saturated rings. The number of anilines is 1. The van der Waals surface area contributed by atoms with Crippen molar-refractivity contribution in [1.29, 1.82) is 0 Å². The molecule has 3 aromatic heterocycles. The van der Waals surface area contributed by atoms with Crippen molar-refractivity contribution in [2.45, 2.75) is 26.8 Å². The lowest BCUT2D eigenvalue weighted by Gasteiger charge is -2.12. The number of fused-ring (bicyclic) bond motifs is 1. The molecule has 3 rings (SSSR count). The van der Waals surface area contributed by atoms with Crippen LogP contribution in [0.3, 0.4) is 0 Å². The minimum Gasteiger partial charge on any atom is -0.376 e. The van der Waals surface area contributed by atoms with Gasteiger partial charge in [0.1, 0.15) is 0 Å². The molecule has 3 heterocycles. The fourth-order valence-electron chi connectivity index (χ4n) is 2.29. The third-order valence-corrected chi connectivity index (χ3v) is 4.12. The lowest BCUT2D eigenvalue weighted by molar-refractivity contribution is 0.773.